The molecule has 0 spiro atoms. The van der Waals surface area contributed by atoms with Crippen LogP contribution in [0.25, 0.3) is 0 Å². The summed E-state index contributed by atoms with van der Waals surface area (Å²) in [7, 11) is -1.38. The molecule has 0 saturated carbocycles. The van der Waals surface area contributed by atoms with Gasteiger partial charge in [0.1, 0.15) is 5.60 Å². The van der Waals surface area contributed by atoms with Crippen LogP contribution in [0.4, 0.5) is 0 Å². The Labute approximate surface area is 140 Å². The van der Waals surface area contributed by atoms with Gasteiger partial charge < -0.3 is 5.11 Å². The van der Waals surface area contributed by atoms with Gasteiger partial charge in [0, 0.05) is 5.92 Å². The Hall–Kier alpha value is -1.90. The second-order valence-corrected chi connectivity index (χ2v) is 12.3. The van der Waals surface area contributed by atoms with Crippen molar-refractivity contribution >= 4 is 8.07 Å². The van der Waals surface area contributed by atoms with Gasteiger partial charge in [-0.2, -0.15) is 0 Å². The van der Waals surface area contributed by atoms with Gasteiger partial charge in [0.2, 0.25) is 0 Å². The van der Waals surface area contributed by atoms with Crippen LogP contribution in [0.3, 0.4) is 0 Å². The van der Waals surface area contributed by atoms with Gasteiger partial charge in [-0.15, -0.1) is 0 Å². The Balaban J connectivity index is 2.12. The van der Waals surface area contributed by atoms with Gasteiger partial charge in [-0.05, 0) is 11.1 Å². The molecule has 118 valence electrons. The first-order chi connectivity index (χ1) is 10.9. The zero-order valence-corrected chi connectivity index (χ0v) is 15.0. The zero-order valence-electron chi connectivity index (χ0n) is 14.0. The van der Waals surface area contributed by atoms with E-state index >= 15 is 0 Å². The molecule has 23 heavy (non-hydrogen) atoms. The minimum atomic E-state index is -1.38. The van der Waals surface area contributed by atoms with Crippen molar-refractivity contribution in [2.45, 2.75) is 25.2 Å². The molecule has 0 radical (unpaired) electrons. The van der Waals surface area contributed by atoms with Gasteiger partial charge in [-0.3, -0.25) is 0 Å². The van der Waals surface area contributed by atoms with E-state index in [9.17, 15) is 5.11 Å². The summed E-state index contributed by atoms with van der Waals surface area (Å²) < 4.78 is 0. The van der Waals surface area contributed by atoms with Crippen LogP contribution in [-0.4, -0.2) is 13.2 Å². The van der Waals surface area contributed by atoms with Crippen LogP contribution in [0.1, 0.15) is 11.1 Å². The van der Waals surface area contributed by atoms with Gasteiger partial charge in [-0.1, -0.05) is 104 Å². The summed E-state index contributed by atoms with van der Waals surface area (Å²) in [5, 5.41) is 13.2. The van der Waals surface area contributed by atoms with Crippen LogP contribution in [0, 0.1) is 5.92 Å². The molecule has 1 aliphatic rings. The van der Waals surface area contributed by atoms with E-state index in [-0.39, 0.29) is 5.92 Å². The van der Waals surface area contributed by atoms with Crippen LogP contribution in [0.15, 0.2) is 84.1 Å². The van der Waals surface area contributed by atoms with Crippen molar-refractivity contribution in [3.63, 3.8) is 0 Å². The Morgan fingerprint density at radius 2 is 1.30 bits per heavy atom. The molecule has 3 rings (SSSR count). The molecule has 1 unspecified atom stereocenters. The molecule has 1 N–H and O–H groups in total. The first-order valence-electron chi connectivity index (χ1n) is 8.16. The summed E-state index contributed by atoms with van der Waals surface area (Å²) in [6.07, 6.45) is 6.65. The van der Waals surface area contributed by atoms with Crippen molar-refractivity contribution in [3.8, 4) is 0 Å². The highest BCUT2D eigenvalue weighted by Gasteiger charge is 2.40. The maximum Gasteiger partial charge on any atom is 0.124 e. The van der Waals surface area contributed by atoms with Gasteiger partial charge in [-0.25, -0.2) is 0 Å². The molecule has 0 amide bonds. The number of aliphatic hydroxyl groups is 1. The summed E-state index contributed by atoms with van der Waals surface area (Å²) in [6.45, 7) is 7.03. The topological polar surface area (TPSA) is 20.2 Å². The second-order valence-electron chi connectivity index (χ2n) is 7.26. The van der Waals surface area contributed by atoms with E-state index in [1.165, 1.54) is 5.20 Å². The zero-order chi connectivity index (χ0) is 16.5. The molecular formula is C21H24OSi. The molecule has 1 nitrogen and oxygen atoms in total. The Morgan fingerprint density at radius 3 is 1.70 bits per heavy atom. The molecular weight excluding hydrogens is 296 g/mol. The monoisotopic (exact) mass is 320 g/mol. The predicted molar refractivity (Wildman–Crippen MR) is 99.9 cm³/mol. The van der Waals surface area contributed by atoms with E-state index in [1.807, 2.05) is 60.7 Å². The quantitative estimate of drug-likeness (QED) is 0.793. The SMILES string of the molecule is C[Si](C)(C)C1=CC(C(O)(c2ccccc2)c2ccccc2)C=C1. The van der Waals surface area contributed by atoms with Crippen molar-refractivity contribution in [3.05, 3.63) is 95.2 Å². The van der Waals surface area contributed by atoms with Crippen LogP contribution in [0.2, 0.25) is 19.6 Å². The number of hydrogen-bond donors (Lipinski definition) is 1. The number of benzene rings is 2. The van der Waals surface area contributed by atoms with Crippen molar-refractivity contribution < 1.29 is 5.11 Å². The molecule has 2 heteroatoms. The summed E-state index contributed by atoms with van der Waals surface area (Å²) in [5.74, 6) is -0.0333. The van der Waals surface area contributed by atoms with E-state index < -0.39 is 13.7 Å². The summed E-state index contributed by atoms with van der Waals surface area (Å²) >= 11 is 0. The van der Waals surface area contributed by atoms with Gasteiger partial charge in [0.25, 0.3) is 0 Å². The third-order valence-electron chi connectivity index (χ3n) is 4.62. The molecule has 0 bridgehead atoms. The minimum Gasteiger partial charge on any atom is -0.379 e. The Bertz CT molecular complexity index is 684. The largest absolute Gasteiger partial charge is 0.379 e. The molecule has 0 heterocycles. The lowest BCUT2D eigenvalue weighted by atomic mass is 9.77. The maximum atomic E-state index is 11.8. The van der Waals surface area contributed by atoms with Gasteiger partial charge in [0.15, 0.2) is 0 Å². The van der Waals surface area contributed by atoms with Crippen molar-refractivity contribution in [2.24, 2.45) is 5.92 Å². The average molecular weight is 321 g/mol. The fraction of sp³-hybridized carbons (Fsp3) is 0.238. The third-order valence-corrected chi connectivity index (χ3v) is 6.68. The van der Waals surface area contributed by atoms with E-state index in [2.05, 4.69) is 37.9 Å². The Morgan fingerprint density at radius 1 is 0.826 bits per heavy atom. The normalized spacial score (nSPS) is 18.1. The Kier molecular flexibility index (Phi) is 4.13. The molecule has 1 aliphatic carbocycles. The molecule has 2 aromatic carbocycles. The van der Waals surface area contributed by atoms with Crippen LogP contribution in [0.5, 0.6) is 0 Å². The van der Waals surface area contributed by atoms with Crippen LogP contribution in [-0.2, 0) is 5.60 Å². The van der Waals surface area contributed by atoms with Crippen molar-refractivity contribution in [1.29, 1.82) is 0 Å². The number of rotatable bonds is 4. The summed E-state index contributed by atoms with van der Waals surface area (Å²) in [6, 6.07) is 20.0. The lowest BCUT2D eigenvalue weighted by Crippen LogP contribution is -2.34. The second kappa shape index (κ2) is 5.95. The van der Waals surface area contributed by atoms with E-state index in [1.54, 1.807) is 0 Å². The molecule has 0 aromatic heterocycles. The number of hydrogen-bond acceptors (Lipinski definition) is 1. The minimum absolute atomic E-state index is 0.0333. The van der Waals surface area contributed by atoms with Crippen molar-refractivity contribution in [1.82, 2.24) is 0 Å². The fourth-order valence-corrected chi connectivity index (χ4v) is 4.48. The van der Waals surface area contributed by atoms with E-state index in [0.29, 0.717) is 0 Å². The lowest BCUT2D eigenvalue weighted by molar-refractivity contribution is 0.0548. The highest BCUT2D eigenvalue weighted by Crippen LogP contribution is 2.42. The highest BCUT2D eigenvalue weighted by atomic mass is 28.3. The summed E-state index contributed by atoms with van der Waals surface area (Å²) in [4.78, 5) is 0. The third kappa shape index (κ3) is 2.97. The van der Waals surface area contributed by atoms with E-state index in [4.69, 9.17) is 0 Å². The predicted octanol–water partition coefficient (Wildman–Crippen LogP) is 4.91. The van der Waals surface area contributed by atoms with Crippen LogP contribution >= 0.6 is 0 Å². The van der Waals surface area contributed by atoms with Gasteiger partial charge >= 0.3 is 0 Å². The smallest absolute Gasteiger partial charge is 0.124 e. The molecule has 2 aromatic rings. The van der Waals surface area contributed by atoms with Crippen LogP contribution < -0.4 is 0 Å². The first-order valence-corrected chi connectivity index (χ1v) is 11.7. The highest BCUT2D eigenvalue weighted by molar-refractivity contribution is 6.83. The molecule has 0 fully saturated rings. The standard InChI is InChI=1S/C21H24OSi/c1-23(2,3)20-15-14-19(16-20)21(22,17-10-6-4-7-11-17)18-12-8-5-9-13-18/h4-16,19,22H,1-3H3. The number of allylic oxidation sites excluding steroid dienone is 2. The van der Waals surface area contributed by atoms with Crippen molar-refractivity contribution in [2.75, 3.05) is 0 Å². The molecule has 0 aliphatic heterocycles. The lowest BCUT2D eigenvalue weighted by Gasteiger charge is -2.34. The maximum absolute atomic E-state index is 11.8. The fourth-order valence-electron chi connectivity index (χ4n) is 3.21. The molecule has 1 atom stereocenters. The molecule has 0 saturated heterocycles. The van der Waals surface area contributed by atoms with E-state index in [0.717, 1.165) is 11.1 Å². The average Bonchev–Trinajstić information content (AvgIpc) is 3.06. The first kappa shape index (κ1) is 16.0. The summed E-state index contributed by atoms with van der Waals surface area (Å²) in [5.41, 5.74) is 0.850. The van der Waals surface area contributed by atoms with Gasteiger partial charge in [0.05, 0.1) is 8.07 Å².